The minimum atomic E-state index is -0.140. The molecule has 3 rings (SSSR count). The Kier molecular flexibility index (Phi) is 5.26. The molecule has 0 aliphatic carbocycles. The molecule has 0 saturated carbocycles. The van der Waals surface area contributed by atoms with Crippen LogP contribution in [0.3, 0.4) is 0 Å². The highest BCUT2D eigenvalue weighted by Crippen LogP contribution is 2.21. The molecule has 2 heterocycles. The van der Waals surface area contributed by atoms with E-state index < -0.39 is 0 Å². The van der Waals surface area contributed by atoms with E-state index >= 15 is 0 Å². The molecule has 2 saturated heterocycles. The molecule has 2 nitrogen and oxygen atoms in total. The first-order valence-corrected chi connectivity index (χ1v) is 8.52. The average molecular weight is 290 g/mol. The maximum Gasteiger partial charge on any atom is 0.123 e. The zero-order chi connectivity index (χ0) is 14.5. The largest absolute Gasteiger partial charge is 0.300 e. The molecule has 0 radical (unpaired) electrons. The normalized spacial score (nSPS) is 23.1. The molecule has 2 fully saturated rings. The van der Waals surface area contributed by atoms with Crippen molar-refractivity contribution in [3.63, 3.8) is 0 Å². The monoisotopic (exact) mass is 290 g/mol. The van der Waals surface area contributed by atoms with Crippen LogP contribution in [0.1, 0.15) is 44.1 Å². The number of nitrogens with zero attached hydrogens (tertiary/aromatic N) is 2. The van der Waals surface area contributed by atoms with E-state index in [1.807, 2.05) is 12.1 Å². The predicted molar refractivity (Wildman–Crippen MR) is 84.7 cm³/mol. The summed E-state index contributed by atoms with van der Waals surface area (Å²) in [6.45, 7) is 5.94. The van der Waals surface area contributed by atoms with E-state index in [2.05, 4.69) is 9.80 Å². The molecule has 0 N–H and O–H groups in total. The number of piperidine rings is 1. The van der Waals surface area contributed by atoms with E-state index in [1.54, 1.807) is 12.1 Å². The van der Waals surface area contributed by atoms with Crippen LogP contribution < -0.4 is 0 Å². The number of hydrogen-bond donors (Lipinski definition) is 0. The molecule has 116 valence electrons. The number of hydrogen-bond acceptors (Lipinski definition) is 2. The molecule has 21 heavy (non-hydrogen) atoms. The van der Waals surface area contributed by atoms with Crippen molar-refractivity contribution in [1.82, 2.24) is 9.80 Å². The van der Waals surface area contributed by atoms with Gasteiger partial charge < -0.3 is 4.90 Å². The lowest BCUT2D eigenvalue weighted by atomic mass is 10.0. The van der Waals surface area contributed by atoms with Gasteiger partial charge in [0.1, 0.15) is 5.82 Å². The van der Waals surface area contributed by atoms with Gasteiger partial charge in [0.25, 0.3) is 0 Å². The molecule has 0 bridgehead atoms. The first-order valence-electron chi connectivity index (χ1n) is 8.52. The topological polar surface area (TPSA) is 6.48 Å². The summed E-state index contributed by atoms with van der Waals surface area (Å²) in [5, 5.41) is 0. The standard InChI is InChI=1S/C18H27FN2/c19-17-7-5-16(6-8-17)15-20-13-9-18(10-14-20)21-11-3-1-2-4-12-21/h5-8,18H,1-4,9-15H2. The van der Waals surface area contributed by atoms with Crippen LogP contribution in [0.15, 0.2) is 24.3 Å². The molecule has 2 aliphatic rings. The van der Waals surface area contributed by atoms with Crippen molar-refractivity contribution in [2.45, 2.75) is 51.1 Å². The lowest BCUT2D eigenvalue weighted by molar-refractivity contribution is 0.107. The quantitative estimate of drug-likeness (QED) is 0.838. The van der Waals surface area contributed by atoms with Gasteiger partial charge in [-0.2, -0.15) is 0 Å². The van der Waals surface area contributed by atoms with Crippen molar-refractivity contribution in [2.75, 3.05) is 26.2 Å². The van der Waals surface area contributed by atoms with Gasteiger partial charge in [0.05, 0.1) is 0 Å². The Morgan fingerprint density at radius 2 is 1.48 bits per heavy atom. The van der Waals surface area contributed by atoms with Gasteiger partial charge in [-0.15, -0.1) is 0 Å². The van der Waals surface area contributed by atoms with Crippen molar-refractivity contribution in [2.24, 2.45) is 0 Å². The van der Waals surface area contributed by atoms with Crippen molar-refractivity contribution >= 4 is 0 Å². The molecule has 0 atom stereocenters. The lowest BCUT2D eigenvalue weighted by Crippen LogP contribution is -2.45. The fourth-order valence-electron chi connectivity index (χ4n) is 3.75. The minimum Gasteiger partial charge on any atom is -0.300 e. The number of likely N-dealkylation sites (tertiary alicyclic amines) is 2. The van der Waals surface area contributed by atoms with E-state index in [0.29, 0.717) is 0 Å². The maximum absolute atomic E-state index is 12.9. The van der Waals surface area contributed by atoms with Crippen LogP contribution in [0.25, 0.3) is 0 Å². The van der Waals surface area contributed by atoms with Crippen molar-refractivity contribution in [3.8, 4) is 0 Å². The second-order valence-electron chi connectivity index (χ2n) is 6.58. The first-order chi connectivity index (χ1) is 10.3. The van der Waals surface area contributed by atoms with Crippen LogP contribution in [0.2, 0.25) is 0 Å². The summed E-state index contributed by atoms with van der Waals surface area (Å²) in [6.07, 6.45) is 8.19. The zero-order valence-corrected chi connectivity index (χ0v) is 12.9. The highest BCUT2D eigenvalue weighted by molar-refractivity contribution is 5.16. The third-order valence-electron chi connectivity index (χ3n) is 5.03. The van der Waals surface area contributed by atoms with E-state index in [-0.39, 0.29) is 5.82 Å². The van der Waals surface area contributed by atoms with Gasteiger partial charge in [0.2, 0.25) is 0 Å². The van der Waals surface area contributed by atoms with Crippen molar-refractivity contribution < 1.29 is 4.39 Å². The zero-order valence-electron chi connectivity index (χ0n) is 12.9. The fraction of sp³-hybridized carbons (Fsp3) is 0.667. The molecule has 1 aromatic rings. The van der Waals surface area contributed by atoms with Gasteiger partial charge in [-0.25, -0.2) is 4.39 Å². The van der Waals surface area contributed by atoms with Gasteiger partial charge in [-0.3, -0.25) is 4.90 Å². The Bertz CT molecular complexity index is 415. The molecule has 0 spiro atoms. The van der Waals surface area contributed by atoms with Gasteiger partial charge in [-0.05, 0) is 69.6 Å². The fourth-order valence-corrected chi connectivity index (χ4v) is 3.75. The average Bonchev–Trinajstić information content (AvgIpc) is 2.80. The summed E-state index contributed by atoms with van der Waals surface area (Å²) in [5.41, 5.74) is 1.23. The summed E-state index contributed by atoms with van der Waals surface area (Å²) in [6, 6.07) is 7.76. The third kappa shape index (κ3) is 4.27. The minimum absolute atomic E-state index is 0.140. The smallest absolute Gasteiger partial charge is 0.123 e. The van der Waals surface area contributed by atoms with Crippen LogP contribution in [0, 0.1) is 5.82 Å². The van der Waals surface area contributed by atoms with E-state index in [0.717, 1.165) is 12.6 Å². The van der Waals surface area contributed by atoms with Gasteiger partial charge in [0, 0.05) is 12.6 Å². The van der Waals surface area contributed by atoms with E-state index in [1.165, 1.54) is 70.3 Å². The van der Waals surface area contributed by atoms with Crippen LogP contribution in [-0.2, 0) is 6.54 Å². The second-order valence-corrected chi connectivity index (χ2v) is 6.58. The van der Waals surface area contributed by atoms with Crippen LogP contribution in [-0.4, -0.2) is 42.0 Å². The first kappa shape index (κ1) is 15.0. The summed E-state index contributed by atoms with van der Waals surface area (Å²) in [7, 11) is 0. The Morgan fingerprint density at radius 1 is 0.857 bits per heavy atom. The predicted octanol–water partition coefficient (Wildman–Crippen LogP) is 3.67. The van der Waals surface area contributed by atoms with Crippen LogP contribution in [0.5, 0.6) is 0 Å². The second kappa shape index (κ2) is 7.37. The molecule has 0 aromatic heterocycles. The number of rotatable bonds is 3. The highest BCUT2D eigenvalue weighted by atomic mass is 19.1. The summed E-state index contributed by atoms with van der Waals surface area (Å²) in [5.74, 6) is -0.140. The van der Waals surface area contributed by atoms with Gasteiger partial charge >= 0.3 is 0 Å². The summed E-state index contributed by atoms with van der Waals surface area (Å²) < 4.78 is 12.9. The SMILES string of the molecule is Fc1ccc(CN2CCC(N3CCCCCC3)CC2)cc1. The molecule has 0 unspecified atom stereocenters. The molecule has 2 aliphatic heterocycles. The third-order valence-corrected chi connectivity index (χ3v) is 5.03. The van der Waals surface area contributed by atoms with E-state index in [4.69, 9.17) is 0 Å². The van der Waals surface area contributed by atoms with Crippen LogP contribution >= 0.6 is 0 Å². The summed E-state index contributed by atoms with van der Waals surface area (Å²) in [4.78, 5) is 5.25. The Balaban J connectivity index is 1.47. The van der Waals surface area contributed by atoms with Crippen molar-refractivity contribution in [3.05, 3.63) is 35.6 Å². The molecular weight excluding hydrogens is 263 g/mol. The van der Waals surface area contributed by atoms with E-state index in [9.17, 15) is 4.39 Å². The summed E-state index contributed by atoms with van der Waals surface area (Å²) >= 11 is 0. The molecule has 0 amide bonds. The Hall–Kier alpha value is -0.930. The molecule has 3 heteroatoms. The van der Waals surface area contributed by atoms with Crippen LogP contribution in [0.4, 0.5) is 4.39 Å². The highest BCUT2D eigenvalue weighted by Gasteiger charge is 2.24. The van der Waals surface area contributed by atoms with Crippen molar-refractivity contribution in [1.29, 1.82) is 0 Å². The number of benzene rings is 1. The maximum atomic E-state index is 12.9. The molecule has 1 aromatic carbocycles. The lowest BCUT2D eigenvalue weighted by Gasteiger charge is -2.38. The molecular formula is C18H27FN2. The Morgan fingerprint density at radius 3 is 2.10 bits per heavy atom. The van der Waals surface area contributed by atoms with Gasteiger partial charge in [-0.1, -0.05) is 25.0 Å². The van der Waals surface area contributed by atoms with Gasteiger partial charge in [0.15, 0.2) is 0 Å². The number of halogens is 1. The Labute approximate surface area is 127 Å².